The third-order valence-corrected chi connectivity index (χ3v) is 4.90. The summed E-state index contributed by atoms with van der Waals surface area (Å²) in [6.45, 7) is 0. The lowest BCUT2D eigenvalue weighted by molar-refractivity contribution is 0.684. The summed E-state index contributed by atoms with van der Waals surface area (Å²) in [6, 6.07) is 5.00. The third-order valence-electron chi connectivity index (χ3n) is 1.63. The SMILES string of the molecule is O=S(c1cnns1)c1c(Cl)cccc1Cl. The Balaban J connectivity index is 2.51. The van der Waals surface area contributed by atoms with E-state index in [0.717, 1.165) is 11.5 Å². The molecule has 0 amide bonds. The lowest BCUT2D eigenvalue weighted by Crippen LogP contribution is -1.92. The summed E-state index contributed by atoms with van der Waals surface area (Å²) in [5, 5.41) is 4.38. The summed E-state index contributed by atoms with van der Waals surface area (Å²) in [6.07, 6.45) is 1.44. The minimum absolute atomic E-state index is 0.384. The van der Waals surface area contributed by atoms with Crippen LogP contribution in [0.4, 0.5) is 0 Å². The van der Waals surface area contributed by atoms with Crippen molar-refractivity contribution in [1.82, 2.24) is 9.59 Å². The number of nitrogens with zero attached hydrogens (tertiary/aromatic N) is 2. The maximum Gasteiger partial charge on any atom is 0.137 e. The number of hydrogen-bond acceptors (Lipinski definition) is 4. The molecule has 0 N–H and O–H groups in total. The first kappa shape index (κ1) is 11.0. The van der Waals surface area contributed by atoms with Gasteiger partial charge in [0.1, 0.15) is 15.0 Å². The van der Waals surface area contributed by atoms with Crippen LogP contribution < -0.4 is 0 Å². The Morgan fingerprint density at radius 3 is 2.47 bits per heavy atom. The van der Waals surface area contributed by atoms with Gasteiger partial charge in [0.05, 0.1) is 21.1 Å². The molecule has 7 heteroatoms. The standard InChI is InChI=1S/C8H4Cl2N2OS2/c9-5-2-1-3-6(10)8(5)15(13)7-4-11-12-14-7/h1-4H. The third kappa shape index (κ3) is 2.20. The zero-order chi connectivity index (χ0) is 10.8. The number of benzene rings is 1. The minimum atomic E-state index is -1.41. The predicted molar refractivity (Wildman–Crippen MR) is 61.0 cm³/mol. The van der Waals surface area contributed by atoms with Crippen molar-refractivity contribution in [2.75, 3.05) is 0 Å². The minimum Gasteiger partial charge on any atom is -0.248 e. The Labute approximate surface area is 103 Å². The summed E-state index contributed by atoms with van der Waals surface area (Å²) < 4.78 is 16.2. The van der Waals surface area contributed by atoms with Gasteiger partial charge in [0.15, 0.2) is 0 Å². The Bertz CT molecular complexity index is 481. The van der Waals surface area contributed by atoms with Gasteiger partial charge in [-0.3, -0.25) is 0 Å². The van der Waals surface area contributed by atoms with Gasteiger partial charge >= 0.3 is 0 Å². The molecule has 1 unspecified atom stereocenters. The van der Waals surface area contributed by atoms with Crippen molar-refractivity contribution >= 4 is 45.5 Å². The number of halogens is 2. The lowest BCUT2D eigenvalue weighted by Gasteiger charge is -2.03. The molecule has 1 aromatic heterocycles. The van der Waals surface area contributed by atoms with Crippen LogP contribution in [0, 0.1) is 0 Å². The molecule has 0 bridgehead atoms. The van der Waals surface area contributed by atoms with Crippen molar-refractivity contribution in [3.05, 3.63) is 34.4 Å². The number of aromatic nitrogens is 2. The molecular formula is C8H4Cl2N2OS2. The zero-order valence-corrected chi connectivity index (χ0v) is 10.3. The van der Waals surface area contributed by atoms with Crippen LogP contribution in [0.3, 0.4) is 0 Å². The van der Waals surface area contributed by atoms with E-state index in [4.69, 9.17) is 23.2 Å². The van der Waals surface area contributed by atoms with Crippen molar-refractivity contribution in [1.29, 1.82) is 0 Å². The largest absolute Gasteiger partial charge is 0.248 e. The molecule has 1 heterocycles. The highest BCUT2D eigenvalue weighted by Gasteiger charge is 2.16. The second kappa shape index (κ2) is 4.57. The highest BCUT2D eigenvalue weighted by molar-refractivity contribution is 7.87. The maximum atomic E-state index is 12.0. The molecule has 0 spiro atoms. The lowest BCUT2D eigenvalue weighted by atomic mass is 10.4. The quantitative estimate of drug-likeness (QED) is 0.848. The molecule has 78 valence electrons. The first-order valence-electron chi connectivity index (χ1n) is 3.83. The fourth-order valence-corrected chi connectivity index (χ4v) is 3.54. The van der Waals surface area contributed by atoms with E-state index in [1.54, 1.807) is 18.2 Å². The van der Waals surface area contributed by atoms with Gasteiger partial charge in [-0.1, -0.05) is 33.8 Å². The molecule has 15 heavy (non-hydrogen) atoms. The molecule has 0 fully saturated rings. The zero-order valence-electron chi connectivity index (χ0n) is 7.18. The Morgan fingerprint density at radius 1 is 1.27 bits per heavy atom. The van der Waals surface area contributed by atoms with Gasteiger partial charge in [-0.05, 0) is 23.7 Å². The average Bonchev–Trinajstić information content (AvgIpc) is 2.69. The van der Waals surface area contributed by atoms with Crippen molar-refractivity contribution < 1.29 is 4.21 Å². The number of rotatable bonds is 2. The second-order valence-electron chi connectivity index (χ2n) is 2.56. The van der Waals surface area contributed by atoms with Gasteiger partial charge in [-0.25, -0.2) is 4.21 Å². The molecule has 0 radical (unpaired) electrons. The van der Waals surface area contributed by atoms with E-state index in [1.807, 2.05) is 0 Å². The van der Waals surface area contributed by atoms with Crippen molar-refractivity contribution in [3.63, 3.8) is 0 Å². The first-order valence-corrected chi connectivity index (χ1v) is 6.51. The predicted octanol–water partition coefficient (Wildman–Crippen LogP) is 3.01. The Kier molecular flexibility index (Phi) is 3.35. The topological polar surface area (TPSA) is 42.9 Å². The van der Waals surface area contributed by atoms with Gasteiger partial charge < -0.3 is 0 Å². The van der Waals surface area contributed by atoms with E-state index < -0.39 is 10.8 Å². The smallest absolute Gasteiger partial charge is 0.137 e. The summed E-state index contributed by atoms with van der Waals surface area (Å²) in [4.78, 5) is 0.409. The monoisotopic (exact) mass is 278 g/mol. The average molecular weight is 279 g/mol. The second-order valence-corrected chi connectivity index (χ2v) is 5.80. The van der Waals surface area contributed by atoms with E-state index in [2.05, 4.69) is 9.59 Å². The summed E-state index contributed by atoms with van der Waals surface area (Å²) in [5.41, 5.74) is 0. The Hall–Kier alpha value is -0.490. The normalized spacial score (nSPS) is 12.7. The molecule has 0 aliphatic carbocycles. The molecule has 3 nitrogen and oxygen atoms in total. The van der Waals surface area contributed by atoms with Crippen LogP contribution in [-0.2, 0) is 10.8 Å². The molecule has 0 aliphatic rings. The molecule has 0 saturated carbocycles. The summed E-state index contributed by atoms with van der Waals surface area (Å²) in [7, 11) is -1.41. The van der Waals surface area contributed by atoms with E-state index in [9.17, 15) is 4.21 Å². The highest BCUT2D eigenvalue weighted by atomic mass is 35.5. The van der Waals surface area contributed by atoms with Gasteiger partial charge in [0.25, 0.3) is 0 Å². The van der Waals surface area contributed by atoms with Crippen LogP contribution in [-0.4, -0.2) is 13.8 Å². The van der Waals surface area contributed by atoms with E-state index in [1.165, 1.54) is 6.20 Å². The highest BCUT2D eigenvalue weighted by Crippen LogP contribution is 2.31. The van der Waals surface area contributed by atoms with Crippen LogP contribution >= 0.6 is 34.7 Å². The molecule has 1 atom stereocenters. The molecular weight excluding hydrogens is 275 g/mol. The molecule has 0 aliphatic heterocycles. The van der Waals surface area contributed by atoms with Crippen LogP contribution in [0.25, 0.3) is 0 Å². The fraction of sp³-hybridized carbons (Fsp3) is 0. The molecule has 2 rings (SSSR count). The van der Waals surface area contributed by atoms with Gasteiger partial charge in [-0.2, -0.15) is 0 Å². The van der Waals surface area contributed by atoms with Crippen LogP contribution in [0.5, 0.6) is 0 Å². The van der Waals surface area contributed by atoms with Crippen LogP contribution in [0.2, 0.25) is 10.0 Å². The van der Waals surface area contributed by atoms with E-state index >= 15 is 0 Å². The van der Waals surface area contributed by atoms with Crippen molar-refractivity contribution in [2.45, 2.75) is 9.10 Å². The summed E-state index contributed by atoms with van der Waals surface area (Å²) in [5.74, 6) is 0. The summed E-state index contributed by atoms with van der Waals surface area (Å²) >= 11 is 12.9. The molecule has 2 aromatic rings. The van der Waals surface area contributed by atoms with Gasteiger partial charge in [0.2, 0.25) is 0 Å². The van der Waals surface area contributed by atoms with Crippen LogP contribution in [0.1, 0.15) is 0 Å². The van der Waals surface area contributed by atoms with Gasteiger partial charge in [-0.15, -0.1) is 5.10 Å². The van der Waals surface area contributed by atoms with Crippen molar-refractivity contribution in [2.24, 2.45) is 0 Å². The maximum absolute atomic E-state index is 12.0. The fourth-order valence-electron chi connectivity index (χ4n) is 1.00. The van der Waals surface area contributed by atoms with E-state index in [-0.39, 0.29) is 0 Å². The molecule has 1 aromatic carbocycles. The Morgan fingerprint density at radius 2 is 1.93 bits per heavy atom. The van der Waals surface area contributed by atoms with Crippen LogP contribution in [0.15, 0.2) is 33.5 Å². The van der Waals surface area contributed by atoms with Gasteiger partial charge in [0, 0.05) is 0 Å². The van der Waals surface area contributed by atoms with Crippen molar-refractivity contribution in [3.8, 4) is 0 Å². The first-order chi connectivity index (χ1) is 7.20. The molecule has 0 saturated heterocycles. The number of hydrogen-bond donors (Lipinski definition) is 0. The van der Waals surface area contributed by atoms with E-state index in [0.29, 0.717) is 19.1 Å².